The number of anilines is 2. The van der Waals surface area contributed by atoms with Gasteiger partial charge in [-0.25, -0.2) is 12.8 Å². The summed E-state index contributed by atoms with van der Waals surface area (Å²) in [5.41, 5.74) is 1.72. The van der Waals surface area contributed by atoms with Crippen molar-refractivity contribution in [1.29, 1.82) is 0 Å². The fourth-order valence-electron chi connectivity index (χ4n) is 2.90. The number of rotatable bonds is 6. The Bertz CT molecular complexity index is 1230. The van der Waals surface area contributed by atoms with E-state index in [0.29, 0.717) is 15.1 Å². The van der Waals surface area contributed by atoms with Gasteiger partial charge in [-0.2, -0.15) is 0 Å². The number of hydrogen-bond donors (Lipinski definition) is 1. The van der Waals surface area contributed by atoms with Crippen LogP contribution in [0.3, 0.4) is 0 Å². The normalized spacial score (nSPS) is 11.3. The van der Waals surface area contributed by atoms with E-state index in [9.17, 15) is 17.6 Å². The summed E-state index contributed by atoms with van der Waals surface area (Å²) in [6.07, 6.45) is 0. The summed E-state index contributed by atoms with van der Waals surface area (Å²) in [5.74, 6) is -1.34. The van der Waals surface area contributed by atoms with Crippen molar-refractivity contribution in [2.45, 2.75) is 18.7 Å². The van der Waals surface area contributed by atoms with Crippen molar-refractivity contribution >= 4 is 54.8 Å². The molecule has 3 aromatic rings. The third-order valence-electron chi connectivity index (χ3n) is 4.54. The van der Waals surface area contributed by atoms with Crippen molar-refractivity contribution in [3.8, 4) is 0 Å². The van der Waals surface area contributed by atoms with Gasteiger partial charge in [0.25, 0.3) is 10.0 Å². The molecule has 0 atom stereocenters. The average molecular weight is 526 g/mol. The lowest BCUT2D eigenvalue weighted by Crippen LogP contribution is -2.38. The number of nitrogens with one attached hydrogen (secondary N) is 1. The number of carbonyl (C=O) groups is 1. The zero-order valence-electron chi connectivity index (χ0n) is 16.7. The highest BCUT2D eigenvalue weighted by molar-refractivity contribution is 9.10. The lowest BCUT2D eigenvalue weighted by atomic mass is 10.2. The van der Waals surface area contributed by atoms with Crippen LogP contribution in [-0.2, 0) is 14.8 Å². The predicted molar refractivity (Wildman–Crippen MR) is 125 cm³/mol. The van der Waals surface area contributed by atoms with Gasteiger partial charge < -0.3 is 5.32 Å². The molecule has 0 saturated heterocycles. The monoisotopic (exact) mass is 524 g/mol. The first-order valence-corrected chi connectivity index (χ1v) is 11.8. The van der Waals surface area contributed by atoms with Crippen molar-refractivity contribution in [2.75, 3.05) is 16.2 Å². The zero-order chi connectivity index (χ0) is 22.8. The number of carbonyl (C=O) groups excluding carboxylic acids is 1. The van der Waals surface area contributed by atoms with E-state index < -0.39 is 28.3 Å². The topological polar surface area (TPSA) is 66.5 Å². The lowest BCUT2D eigenvalue weighted by molar-refractivity contribution is -0.114. The molecule has 31 heavy (non-hydrogen) atoms. The van der Waals surface area contributed by atoms with Gasteiger partial charge in [-0.15, -0.1) is 0 Å². The van der Waals surface area contributed by atoms with E-state index in [1.165, 1.54) is 30.3 Å². The first kappa shape index (κ1) is 23.2. The molecule has 0 aliphatic carbocycles. The number of amides is 1. The molecule has 0 aliphatic rings. The van der Waals surface area contributed by atoms with E-state index in [1.54, 1.807) is 37.3 Å². The maximum atomic E-state index is 14.1. The molecular formula is C22H19BrClFN2O3S. The molecule has 0 bridgehead atoms. The quantitative estimate of drug-likeness (QED) is 0.449. The van der Waals surface area contributed by atoms with Crippen LogP contribution in [0.5, 0.6) is 0 Å². The van der Waals surface area contributed by atoms with E-state index in [4.69, 9.17) is 11.6 Å². The number of halogens is 3. The van der Waals surface area contributed by atoms with Crippen LogP contribution in [0.25, 0.3) is 0 Å². The minimum absolute atomic E-state index is 0.0279. The highest BCUT2D eigenvalue weighted by atomic mass is 79.9. The Labute approximate surface area is 194 Å². The molecule has 0 spiro atoms. The summed E-state index contributed by atoms with van der Waals surface area (Å²) in [4.78, 5) is 12.8. The Hall–Kier alpha value is -2.42. The van der Waals surface area contributed by atoms with Crippen LogP contribution in [0, 0.1) is 19.7 Å². The zero-order valence-corrected chi connectivity index (χ0v) is 19.9. The maximum absolute atomic E-state index is 14.1. The first-order chi connectivity index (χ1) is 14.6. The predicted octanol–water partition coefficient (Wildman–Crippen LogP) is 5.69. The molecule has 0 aliphatic heterocycles. The minimum atomic E-state index is -4.10. The second kappa shape index (κ2) is 9.38. The van der Waals surface area contributed by atoms with Gasteiger partial charge >= 0.3 is 0 Å². The molecule has 0 aromatic heterocycles. The molecule has 9 heteroatoms. The Kier molecular flexibility index (Phi) is 7.03. The van der Waals surface area contributed by atoms with Gasteiger partial charge in [0.05, 0.1) is 16.3 Å². The van der Waals surface area contributed by atoms with Gasteiger partial charge in [0.2, 0.25) is 5.91 Å². The van der Waals surface area contributed by atoms with E-state index in [0.717, 1.165) is 9.87 Å². The van der Waals surface area contributed by atoms with E-state index >= 15 is 0 Å². The second-order valence-electron chi connectivity index (χ2n) is 6.93. The highest BCUT2D eigenvalue weighted by Crippen LogP contribution is 2.30. The summed E-state index contributed by atoms with van der Waals surface area (Å²) < 4.78 is 42.5. The van der Waals surface area contributed by atoms with Crippen molar-refractivity contribution < 1.29 is 17.6 Å². The van der Waals surface area contributed by atoms with Gasteiger partial charge in [0.1, 0.15) is 12.4 Å². The van der Waals surface area contributed by atoms with Gasteiger partial charge in [-0.05, 0) is 61.9 Å². The standard InChI is InChI=1S/C22H19BrClFN2O3S/c1-14-3-8-18(9-4-14)31(29,30)27(21-12-17(24)7-5-15(21)2)13-22(28)26-20-10-6-16(23)11-19(20)25/h3-12H,13H2,1-2H3,(H,26,28). The summed E-state index contributed by atoms with van der Waals surface area (Å²) in [7, 11) is -4.10. The SMILES string of the molecule is Cc1ccc(S(=O)(=O)N(CC(=O)Nc2ccc(Br)cc2F)c2cc(Cl)ccc2C)cc1. The molecule has 3 aromatic carbocycles. The van der Waals surface area contributed by atoms with Crippen molar-refractivity contribution in [3.05, 3.63) is 87.1 Å². The summed E-state index contributed by atoms with van der Waals surface area (Å²) >= 11 is 9.26. The van der Waals surface area contributed by atoms with Crippen molar-refractivity contribution in [3.63, 3.8) is 0 Å². The minimum Gasteiger partial charge on any atom is -0.322 e. The summed E-state index contributed by atoms with van der Waals surface area (Å²) in [6.45, 7) is 3.00. The molecule has 162 valence electrons. The Morgan fingerprint density at radius 2 is 1.74 bits per heavy atom. The van der Waals surface area contributed by atoms with Crippen LogP contribution in [0.2, 0.25) is 5.02 Å². The van der Waals surface area contributed by atoms with Crippen LogP contribution < -0.4 is 9.62 Å². The summed E-state index contributed by atoms with van der Waals surface area (Å²) in [5, 5.41) is 2.75. The molecule has 3 rings (SSSR count). The Morgan fingerprint density at radius 1 is 1.06 bits per heavy atom. The van der Waals surface area contributed by atoms with Crippen LogP contribution in [0.1, 0.15) is 11.1 Å². The van der Waals surface area contributed by atoms with Crippen LogP contribution >= 0.6 is 27.5 Å². The third kappa shape index (κ3) is 5.44. The number of benzene rings is 3. The van der Waals surface area contributed by atoms with Crippen molar-refractivity contribution in [2.24, 2.45) is 0 Å². The summed E-state index contributed by atoms with van der Waals surface area (Å²) in [6, 6.07) is 15.2. The van der Waals surface area contributed by atoms with Gasteiger partial charge in [0, 0.05) is 9.50 Å². The van der Waals surface area contributed by atoms with E-state index in [2.05, 4.69) is 21.2 Å². The van der Waals surface area contributed by atoms with Crippen LogP contribution in [0.15, 0.2) is 70.0 Å². The first-order valence-electron chi connectivity index (χ1n) is 9.18. The average Bonchev–Trinajstić information content (AvgIpc) is 2.70. The van der Waals surface area contributed by atoms with E-state index in [1.807, 2.05) is 6.92 Å². The van der Waals surface area contributed by atoms with Gasteiger partial charge in [-0.3, -0.25) is 9.10 Å². The number of sulfonamides is 1. The molecule has 1 N–H and O–H groups in total. The van der Waals surface area contributed by atoms with Crippen LogP contribution in [-0.4, -0.2) is 20.9 Å². The fourth-order valence-corrected chi connectivity index (χ4v) is 4.88. The smallest absolute Gasteiger partial charge is 0.264 e. The lowest BCUT2D eigenvalue weighted by Gasteiger charge is -2.26. The van der Waals surface area contributed by atoms with E-state index in [-0.39, 0.29) is 16.3 Å². The number of hydrogen-bond acceptors (Lipinski definition) is 3. The number of aryl methyl sites for hydroxylation is 2. The molecule has 0 fully saturated rings. The molecule has 1 amide bonds. The Balaban J connectivity index is 2.00. The highest BCUT2D eigenvalue weighted by Gasteiger charge is 2.28. The molecule has 0 saturated carbocycles. The van der Waals surface area contributed by atoms with Gasteiger partial charge in [-0.1, -0.05) is 51.3 Å². The van der Waals surface area contributed by atoms with Crippen LogP contribution in [0.4, 0.5) is 15.8 Å². The second-order valence-corrected chi connectivity index (χ2v) is 10.1. The molecule has 0 heterocycles. The van der Waals surface area contributed by atoms with Crippen molar-refractivity contribution in [1.82, 2.24) is 0 Å². The fraction of sp³-hybridized carbons (Fsp3) is 0.136. The molecular weight excluding hydrogens is 507 g/mol. The molecule has 0 radical (unpaired) electrons. The molecule has 0 unspecified atom stereocenters. The third-order valence-corrected chi connectivity index (χ3v) is 7.04. The largest absolute Gasteiger partial charge is 0.322 e. The van der Waals surface area contributed by atoms with Gasteiger partial charge in [0.15, 0.2) is 0 Å². The maximum Gasteiger partial charge on any atom is 0.264 e. The Morgan fingerprint density at radius 3 is 2.39 bits per heavy atom. The number of nitrogens with zero attached hydrogens (tertiary/aromatic N) is 1. The molecule has 5 nitrogen and oxygen atoms in total.